The highest BCUT2D eigenvalue weighted by atomic mass is 19.2. The molecule has 1 aromatic carbocycles. The van der Waals surface area contributed by atoms with Crippen LogP contribution in [0.1, 0.15) is 28.2 Å². The lowest BCUT2D eigenvalue weighted by Crippen LogP contribution is -2.32. The van der Waals surface area contributed by atoms with Gasteiger partial charge >= 0.3 is 0 Å². The van der Waals surface area contributed by atoms with Crippen LogP contribution in [0.25, 0.3) is 0 Å². The summed E-state index contributed by atoms with van der Waals surface area (Å²) in [7, 11) is 0. The van der Waals surface area contributed by atoms with Crippen LogP contribution in [0, 0.1) is 11.6 Å². The van der Waals surface area contributed by atoms with Crippen molar-refractivity contribution < 1.29 is 23.5 Å². The first kappa shape index (κ1) is 19.0. The van der Waals surface area contributed by atoms with Gasteiger partial charge in [0.1, 0.15) is 0 Å². The van der Waals surface area contributed by atoms with Crippen molar-refractivity contribution in [2.24, 2.45) is 0 Å². The SMILES string of the molecule is O=C(NCCO)c1cc2n(n1)CCCN(C(=O)Cc1ccc(F)c(F)c1)C2. The molecular formula is C18H20F2N4O3. The van der Waals surface area contributed by atoms with E-state index < -0.39 is 11.6 Å². The summed E-state index contributed by atoms with van der Waals surface area (Å²) in [6.45, 7) is 1.34. The number of hydrogen-bond donors (Lipinski definition) is 2. The Morgan fingerprint density at radius 2 is 2.00 bits per heavy atom. The van der Waals surface area contributed by atoms with Crippen LogP contribution in [0.15, 0.2) is 24.3 Å². The number of halogens is 2. The van der Waals surface area contributed by atoms with E-state index in [-0.39, 0.29) is 43.6 Å². The van der Waals surface area contributed by atoms with Gasteiger partial charge < -0.3 is 15.3 Å². The minimum absolute atomic E-state index is 0.0326. The first-order valence-corrected chi connectivity index (χ1v) is 8.65. The third-order valence-electron chi connectivity index (χ3n) is 4.34. The zero-order valence-electron chi connectivity index (χ0n) is 14.6. The highest BCUT2D eigenvalue weighted by molar-refractivity contribution is 5.92. The molecule has 144 valence electrons. The molecular weight excluding hydrogens is 358 g/mol. The molecule has 0 saturated carbocycles. The molecule has 2 heterocycles. The van der Waals surface area contributed by atoms with E-state index in [0.717, 1.165) is 17.8 Å². The second-order valence-electron chi connectivity index (χ2n) is 6.32. The third kappa shape index (κ3) is 4.48. The van der Waals surface area contributed by atoms with E-state index in [1.54, 1.807) is 15.6 Å². The molecule has 2 N–H and O–H groups in total. The van der Waals surface area contributed by atoms with Crippen LogP contribution in [-0.2, 0) is 24.3 Å². The molecule has 0 atom stereocenters. The van der Waals surface area contributed by atoms with Crippen molar-refractivity contribution in [3.05, 3.63) is 52.9 Å². The summed E-state index contributed by atoms with van der Waals surface area (Å²) in [6, 6.07) is 5.05. The third-order valence-corrected chi connectivity index (χ3v) is 4.34. The summed E-state index contributed by atoms with van der Waals surface area (Å²) in [5.41, 5.74) is 1.36. The summed E-state index contributed by atoms with van der Waals surface area (Å²) in [4.78, 5) is 26.2. The Labute approximate surface area is 154 Å². The molecule has 1 aliphatic rings. The number of aliphatic hydroxyl groups excluding tert-OH is 1. The predicted molar refractivity (Wildman–Crippen MR) is 91.7 cm³/mol. The molecule has 0 saturated heterocycles. The molecule has 0 bridgehead atoms. The van der Waals surface area contributed by atoms with Crippen molar-refractivity contribution in [1.29, 1.82) is 0 Å². The topological polar surface area (TPSA) is 87.5 Å². The number of benzene rings is 1. The van der Waals surface area contributed by atoms with Crippen molar-refractivity contribution in [3.63, 3.8) is 0 Å². The molecule has 2 aromatic rings. The van der Waals surface area contributed by atoms with Crippen LogP contribution in [-0.4, -0.2) is 51.3 Å². The second-order valence-corrected chi connectivity index (χ2v) is 6.32. The highest BCUT2D eigenvalue weighted by Crippen LogP contribution is 2.16. The fourth-order valence-corrected chi connectivity index (χ4v) is 2.98. The molecule has 1 aliphatic heterocycles. The molecule has 0 radical (unpaired) electrons. The molecule has 0 spiro atoms. The van der Waals surface area contributed by atoms with Crippen LogP contribution in [0.2, 0.25) is 0 Å². The van der Waals surface area contributed by atoms with Crippen LogP contribution < -0.4 is 5.32 Å². The van der Waals surface area contributed by atoms with E-state index in [4.69, 9.17) is 5.11 Å². The Morgan fingerprint density at radius 1 is 1.19 bits per heavy atom. The average molecular weight is 378 g/mol. The molecule has 7 nitrogen and oxygen atoms in total. The zero-order valence-corrected chi connectivity index (χ0v) is 14.6. The van der Waals surface area contributed by atoms with Gasteiger partial charge in [0.05, 0.1) is 25.3 Å². The minimum Gasteiger partial charge on any atom is -0.395 e. The standard InChI is InChI=1S/C18H20F2N4O3/c19-14-3-2-12(8-15(14)20)9-17(26)23-5-1-6-24-13(11-23)10-16(22-24)18(27)21-4-7-25/h2-3,8,10,25H,1,4-7,9,11H2,(H,21,27). The Kier molecular flexibility index (Phi) is 5.80. The number of amides is 2. The van der Waals surface area contributed by atoms with Crippen LogP contribution in [0.5, 0.6) is 0 Å². The summed E-state index contributed by atoms with van der Waals surface area (Å²) in [5.74, 6) is -2.52. The molecule has 27 heavy (non-hydrogen) atoms. The smallest absolute Gasteiger partial charge is 0.271 e. The van der Waals surface area contributed by atoms with Gasteiger partial charge in [-0.25, -0.2) is 8.78 Å². The monoisotopic (exact) mass is 378 g/mol. The van der Waals surface area contributed by atoms with E-state index in [9.17, 15) is 18.4 Å². The van der Waals surface area contributed by atoms with Crippen molar-refractivity contribution in [2.75, 3.05) is 19.7 Å². The number of carbonyl (C=O) groups is 2. The fraction of sp³-hybridized carbons (Fsp3) is 0.389. The molecule has 0 unspecified atom stereocenters. The number of carbonyl (C=O) groups excluding carboxylic acids is 2. The average Bonchev–Trinajstić information content (AvgIpc) is 2.94. The van der Waals surface area contributed by atoms with Gasteiger partial charge in [-0.15, -0.1) is 0 Å². The van der Waals surface area contributed by atoms with Crippen molar-refractivity contribution in [3.8, 4) is 0 Å². The van der Waals surface area contributed by atoms with Gasteiger partial charge in [0, 0.05) is 19.6 Å². The maximum Gasteiger partial charge on any atom is 0.271 e. The summed E-state index contributed by atoms with van der Waals surface area (Å²) >= 11 is 0. The minimum atomic E-state index is -0.979. The van der Waals surface area contributed by atoms with Gasteiger partial charge in [0.25, 0.3) is 5.91 Å². The summed E-state index contributed by atoms with van der Waals surface area (Å²) < 4.78 is 28.1. The van der Waals surface area contributed by atoms with Crippen LogP contribution in [0.4, 0.5) is 8.78 Å². The van der Waals surface area contributed by atoms with Gasteiger partial charge in [0.15, 0.2) is 17.3 Å². The maximum atomic E-state index is 13.3. The van der Waals surface area contributed by atoms with Gasteiger partial charge in [0.2, 0.25) is 5.91 Å². The number of fused-ring (bicyclic) bond motifs is 1. The number of rotatable bonds is 5. The number of hydrogen-bond acceptors (Lipinski definition) is 4. The molecule has 2 amide bonds. The number of aryl methyl sites for hydroxylation is 1. The Hall–Kier alpha value is -2.81. The molecule has 1 aromatic heterocycles. The molecule has 0 aliphatic carbocycles. The normalized spacial score (nSPS) is 13.8. The quantitative estimate of drug-likeness (QED) is 0.808. The van der Waals surface area contributed by atoms with E-state index >= 15 is 0 Å². The van der Waals surface area contributed by atoms with Gasteiger partial charge in [-0.2, -0.15) is 5.10 Å². The van der Waals surface area contributed by atoms with E-state index in [1.807, 2.05) is 0 Å². The number of nitrogens with zero attached hydrogens (tertiary/aromatic N) is 3. The Bertz CT molecular complexity index is 853. The van der Waals surface area contributed by atoms with Gasteiger partial charge in [-0.1, -0.05) is 6.07 Å². The zero-order chi connectivity index (χ0) is 19.4. The molecule has 9 heteroatoms. The predicted octanol–water partition coefficient (Wildman–Crippen LogP) is 0.858. The van der Waals surface area contributed by atoms with Gasteiger partial charge in [-0.3, -0.25) is 14.3 Å². The Balaban J connectivity index is 1.69. The second kappa shape index (κ2) is 8.26. The maximum absolute atomic E-state index is 13.3. The van der Waals surface area contributed by atoms with E-state index in [2.05, 4.69) is 10.4 Å². The van der Waals surface area contributed by atoms with Crippen molar-refractivity contribution in [2.45, 2.75) is 25.9 Å². The largest absolute Gasteiger partial charge is 0.395 e. The fourth-order valence-electron chi connectivity index (χ4n) is 2.98. The summed E-state index contributed by atoms with van der Waals surface area (Å²) in [6.07, 6.45) is 0.630. The lowest BCUT2D eigenvalue weighted by molar-refractivity contribution is -0.131. The molecule has 0 fully saturated rings. The van der Waals surface area contributed by atoms with Crippen LogP contribution >= 0.6 is 0 Å². The first-order valence-electron chi connectivity index (χ1n) is 8.65. The summed E-state index contributed by atoms with van der Waals surface area (Å²) in [5, 5.41) is 15.6. The van der Waals surface area contributed by atoms with E-state index in [1.165, 1.54) is 6.07 Å². The van der Waals surface area contributed by atoms with Crippen LogP contribution in [0.3, 0.4) is 0 Å². The van der Waals surface area contributed by atoms with Gasteiger partial charge in [-0.05, 0) is 30.2 Å². The van der Waals surface area contributed by atoms with Crippen molar-refractivity contribution in [1.82, 2.24) is 20.0 Å². The Morgan fingerprint density at radius 3 is 2.74 bits per heavy atom. The van der Waals surface area contributed by atoms with Crippen molar-refractivity contribution >= 4 is 11.8 Å². The number of aromatic nitrogens is 2. The highest BCUT2D eigenvalue weighted by Gasteiger charge is 2.22. The lowest BCUT2D eigenvalue weighted by atomic mass is 10.1. The molecule has 3 rings (SSSR count). The number of nitrogens with one attached hydrogen (secondary N) is 1. The first-order chi connectivity index (χ1) is 13.0. The number of aliphatic hydroxyl groups is 1. The van der Waals surface area contributed by atoms with E-state index in [0.29, 0.717) is 25.1 Å². The lowest BCUT2D eigenvalue weighted by Gasteiger charge is -2.20.